The molecule has 5 atom stereocenters. The van der Waals surface area contributed by atoms with Gasteiger partial charge in [0.1, 0.15) is 17.3 Å². The summed E-state index contributed by atoms with van der Waals surface area (Å²) < 4.78 is 5.51. The van der Waals surface area contributed by atoms with Crippen LogP contribution in [0.15, 0.2) is 11.8 Å². The van der Waals surface area contributed by atoms with E-state index in [0.29, 0.717) is 0 Å². The molecule has 1 heterocycles. The van der Waals surface area contributed by atoms with Crippen molar-refractivity contribution in [2.45, 2.75) is 37.6 Å². The Kier molecular flexibility index (Phi) is 3.23. The van der Waals surface area contributed by atoms with E-state index in [9.17, 15) is 19.5 Å². The summed E-state index contributed by atoms with van der Waals surface area (Å²) in [6.07, 6.45) is -1.42. The van der Waals surface area contributed by atoms with Crippen LogP contribution in [0.3, 0.4) is 0 Å². The van der Waals surface area contributed by atoms with Crippen molar-refractivity contribution in [1.29, 1.82) is 0 Å². The van der Waals surface area contributed by atoms with Gasteiger partial charge in [0, 0.05) is 24.6 Å². The lowest BCUT2D eigenvalue weighted by Gasteiger charge is -2.30. The molecule has 2 aliphatic carbocycles. The lowest BCUT2D eigenvalue weighted by molar-refractivity contribution is -0.144. The van der Waals surface area contributed by atoms with Crippen LogP contribution in [0.2, 0.25) is 0 Å². The smallest absolute Gasteiger partial charge is 0.172 e. The third-order valence-corrected chi connectivity index (χ3v) is 4.75. The van der Waals surface area contributed by atoms with Crippen LogP contribution in [0, 0.1) is 11.3 Å². The number of ketones is 3. The van der Waals surface area contributed by atoms with Crippen LogP contribution < -0.4 is 5.73 Å². The molecule has 1 spiro atoms. The molecule has 0 aromatic heterocycles. The first kappa shape index (κ1) is 14.4. The highest BCUT2D eigenvalue weighted by Crippen LogP contribution is 2.50. The van der Waals surface area contributed by atoms with Crippen molar-refractivity contribution >= 4 is 17.3 Å². The Morgan fingerprint density at radius 3 is 2.62 bits per heavy atom. The zero-order valence-corrected chi connectivity index (χ0v) is 11.3. The van der Waals surface area contributed by atoms with Crippen LogP contribution in [0.4, 0.5) is 0 Å². The number of hydrogen-bond acceptors (Lipinski definition) is 7. The minimum Gasteiger partial charge on any atom is -0.402 e. The fraction of sp³-hybridized carbons (Fsp3) is 0.643. The maximum atomic E-state index is 12.3. The summed E-state index contributed by atoms with van der Waals surface area (Å²) in [6.45, 7) is -0.381. The van der Waals surface area contributed by atoms with Gasteiger partial charge < -0.3 is 20.7 Å². The van der Waals surface area contributed by atoms with Gasteiger partial charge in [-0.1, -0.05) is 0 Å². The number of carbonyl (C=O) groups is 3. The van der Waals surface area contributed by atoms with Crippen molar-refractivity contribution < 1.29 is 29.3 Å². The van der Waals surface area contributed by atoms with Gasteiger partial charge in [0.25, 0.3) is 0 Å². The van der Waals surface area contributed by atoms with Crippen LogP contribution in [-0.2, 0) is 19.1 Å². The van der Waals surface area contributed by atoms with Gasteiger partial charge in [-0.25, -0.2) is 0 Å². The van der Waals surface area contributed by atoms with Gasteiger partial charge in [0.15, 0.2) is 11.6 Å². The summed E-state index contributed by atoms with van der Waals surface area (Å²) >= 11 is 0. The number of hydrogen-bond donors (Lipinski definition) is 3. The minimum absolute atomic E-state index is 0.0286. The third-order valence-electron chi connectivity index (χ3n) is 4.75. The molecule has 2 unspecified atom stereocenters. The van der Waals surface area contributed by atoms with Crippen molar-refractivity contribution in [1.82, 2.24) is 0 Å². The lowest BCUT2D eigenvalue weighted by atomic mass is 9.71. The summed E-state index contributed by atoms with van der Waals surface area (Å²) in [5.41, 5.74) is 4.50. The number of nitrogens with two attached hydrogens (primary N) is 1. The van der Waals surface area contributed by atoms with Crippen molar-refractivity contribution in [2.75, 3.05) is 6.61 Å². The molecule has 7 nitrogen and oxygen atoms in total. The molecular weight excluding hydrogens is 278 g/mol. The second kappa shape index (κ2) is 4.72. The highest BCUT2D eigenvalue weighted by atomic mass is 16.5. The van der Waals surface area contributed by atoms with Gasteiger partial charge in [0.05, 0.1) is 31.2 Å². The molecule has 3 rings (SSSR count). The van der Waals surface area contributed by atoms with Gasteiger partial charge in [-0.3, -0.25) is 14.4 Å². The molecule has 7 heteroatoms. The van der Waals surface area contributed by atoms with E-state index in [-0.39, 0.29) is 37.3 Å². The topological polar surface area (TPSA) is 127 Å². The number of aliphatic hydroxyl groups is 2. The molecule has 0 bridgehead atoms. The lowest BCUT2D eigenvalue weighted by Crippen LogP contribution is -2.44. The zero-order chi connectivity index (χ0) is 15.4. The Bertz CT molecular complexity index is 556. The maximum Gasteiger partial charge on any atom is 0.172 e. The first-order valence-corrected chi connectivity index (χ1v) is 6.91. The average Bonchev–Trinajstić information content (AvgIpc) is 2.98. The highest BCUT2D eigenvalue weighted by Gasteiger charge is 2.64. The molecule has 1 saturated carbocycles. The van der Waals surface area contributed by atoms with Gasteiger partial charge >= 0.3 is 0 Å². The molecule has 2 fully saturated rings. The number of ether oxygens (including phenoxy) is 1. The number of Topliss-reactive ketones (excluding diaryl/α,β-unsaturated/α-hetero) is 2. The first-order valence-electron chi connectivity index (χ1n) is 6.91. The van der Waals surface area contributed by atoms with E-state index in [4.69, 9.17) is 15.6 Å². The molecule has 114 valence electrons. The van der Waals surface area contributed by atoms with E-state index in [1.165, 1.54) is 6.08 Å². The van der Waals surface area contributed by atoms with Gasteiger partial charge in [0.2, 0.25) is 0 Å². The van der Waals surface area contributed by atoms with Crippen LogP contribution in [0.5, 0.6) is 0 Å². The van der Waals surface area contributed by atoms with Crippen molar-refractivity contribution in [3.05, 3.63) is 11.8 Å². The quantitative estimate of drug-likeness (QED) is 0.527. The van der Waals surface area contributed by atoms with Crippen LogP contribution in [-0.4, -0.2) is 52.5 Å². The number of allylic oxidation sites excluding steroid dienone is 2. The van der Waals surface area contributed by atoms with Gasteiger partial charge in [-0.2, -0.15) is 0 Å². The summed E-state index contributed by atoms with van der Waals surface area (Å²) in [5, 5.41) is 18.9. The predicted octanol–water partition coefficient (Wildman–Crippen LogP) is -1.54. The molecule has 4 N–H and O–H groups in total. The Morgan fingerprint density at radius 2 is 2.10 bits per heavy atom. The Morgan fingerprint density at radius 1 is 1.38 bits per heavy atom. The zero-order valence-electron chi connectivity index (χ0n) is 11.3. The highest BCUT2D eigenvalue weighted by molar-refractivity contribution is 6.25. The number of aliphatic hydroxyl groups excluding tert-OH is 2. The summed E-state index contributed by atoms with van der Waals surface area (Å²) in [6, 6.07) is 0. The molecule has 0 aromatic rings. The number of rotatable bonds is 2. The third kappa shape index (κ3) is 1.88. The van der Waals surface area contributed by atoms with E-state index >= 15 is 0 Å². The van der Waals surface area contributed by atoms with Crippen LogP contribution in [0.1, 0.15) is 19.3 Å². The largest absolute Gasteiger partial charge is 0.402 e. The van der Waals surface area contributed by atoms with Crippen LogP contribution in [0.25, 0.3) is 0 Å². The maximum absolute atomic E-state index is 12.3. The normalized spacial score (nSPS) is 43.1. The van der Waals surface area contributed by atoms with Crippen molar-refractivity contribution in [3.63, 3.8) is 0 Å². The van der Waals surface area contributed by atoms with Crippen molar-refractivity contribution in [2.24, 2.45) is 17.1 Å². The van der Waals surface area contributed by atoms with Crippen molar-refractivity contribution in [3.8, 4) is 0 Å². The summed E-state index contributed by atoms with van der Waals surface area (Å²) in [5.74, 6) is -2.16. The minimum atomic E-state index is -1.46. The summed E-state index contributed by atoms with van der Waals surface area (Å²) in [4.78, 5) is 36.8. The van der Waals surface area contributed by atoms with E-state index in [1.54, 1.807) is 0 Å². The Labute approximate surface area is 120 Å². The standard InChI is InChI=1S/C14H17NO6/c15-6-1-11(19)14(4-6)12(20)3-8(18)13(14)9-2-7(17)10(5-16)21-9/h1,7,9-10,13,16-17H,2-5,15H2/t7-,9+,10+,13?,14?/m0/s1. The molecule has 3 aliphatic rings. The SMILES string of the molecule is NC1=CC(=O)C2(C1)C(=O)CC(=O)C2[C@H]1C[C@H](O)[C@@H](CO)O1. The van der Waals surface area contributed by atoms with Crippen LogP contribution >= 0.6 is 0 Å². The van der Waals surface area contributed by atoms with E-state index in [2.05, 4.69) is 0 Å². The fourth-order valence-corrected chi connectivity index (χ4v) is 3.80. The van der Waals surface area contributed by atoms with Gasteiger partial charge in [-0.15, -0.1) is 0 Å². The number of carbonyl (C=O) groups excluding carboxylic acids is 3. The van der Waals surface area contributed by atoms with E-state index in [1.807, 2.05) is 0 Å². The molecule has 0 aromatic carbocycles. The second-order valence-electron chi connectivity index (χ2n) is 5.97. The molecule has 1 aliphatic heterocycles. The first-order chi connectivity index (χ1) is 9.90. The molecule has 21 heavy (non-hydrogen) atoms. The predicted molar refractivity (Wildman–Crippen MR) is 68.8 cm³/mol. The molecule has 1 saturated heterocycles. The fourth-order valence-electron chi connectivity index (χ4n) is 3.80. The summed E-state index contributed by atoms with van der Waals surface area (Å²) in [7, 11) is 0. The molecular formula is C14H17NO6. The average molecular weight is 295 g/mol. The van der Waals surface area contributed by atoms with E-state index in [0.717, 1.165) is 0 Å². The molecule has 0 amide bonds. The second-order valence-corrected chi connectivity index (χ2v) is 5.97. The Balaban J connectivity index is 1.95. The monoisotopic (exact) mass is 295 g/mol. The van der Waals surface area contributed by atoms with E-state index < -0.39 is 41.2 Å². The molecule has 0 radical (unpaired) electrons. The van der Waals surface area contributed by atoms with Gasteiger partial charge in [-0.05, 0) is 0 Å². The Hall–Kier alpha value is -1.57.